The second-order valence-corrected chi connectivity index (χ2v) is 7.48. The number of aliphatic hydroxyl groups excluding tert-OH is 1. The van der Waals surface area contributed by atoms with Crippen LogP contribution in [0.25, 0.3) is 0 Å². The third-order valence-electron chi connectivity index (χ3n) is 5.62. The highest BCUT2D eigenvalue weighted by Crippen LogP contribution is 2.27. The lowest BCUT2D eigenvalue weighted by Crippen LogP contribution is -2.53. The van der Waals surface area contributed by atoms with E-state index in [4.69, 9.17) is 4.42 Å². The van der Waals surface area contributed by atoms with Crippen molar-refractivity contribution in [3.05, 3.63) is 59.5 Å². The highest BCUT2D eigenvalue weighted by molar-refractivity contribution is 5.96. The number of rotatable bonds is 4. The van der Waals surface area contributed by atoms with E-state index in [0.29, 0.717) is 25.4 Å². The van der Waals surface area contributed by atoms with Crippen LogP contribution in [-0.4, -0.2) is 40.5 Å². The molecule has 4 rings (SSSR count). The number of hydrogen-bond donors (Lipinski definition) is 2. The van der Waals surface area contributed by atoms with Gasteiger partial charge in [-0.25, -0.2) is 0 Å². The van der Waals surface area contributed by atoms with Gasteiger partial charge < -0.3 is 19.7 Å². The Bertz CT molecular complexity index is 817. The number of fused-ring (bicyclic) bond motifs is 1. The molecule has 142 valence electrons. The van der Waals surface area contributed by atoms with E-state index < -0.39 is 6.04 Å². The van der Waals surface area contributed by atoms with Crippen molar-refractivity contribution in [3.8, 4) is 0 Å². The Morgan fingerprint density at radius 3 is 2.67 bits per heavy atom. The molecule has 1 saturated carbocycles. The van der Waals surface area contributed by atoms with Crippen LogP contribution in [0.1, 0.15) is 40.9 Å². The Labute approximate surface area is 158 Å². The number of nitrogens with zero attached hydrogens (tertiary/aromatic N) is 1. The Kier molecular flexibility index (Phi) is 4.99. The maximum absolute atomic E-state index is 12.9. The zero-order valence-electron chi connectivity index (χ0n) is 15.1. The van der Waals surface area contributed by atoms with Crippen LogP contribution in [0.2, 0.25) is 0 Å². The SMILES string of the molecule is O=C(NC[C@@H]1CC[C@H](O)C1)[C@H]1Cc2ccccc2CN1C(=O)c1ccco1. The van der Waals surface area contributed by atoms with Crippen molar-refractivity contribution >= 4 is 11.8 Å². The van der Waals surface area contributed by atoms with E-state index in [1.165, 1.54) is 6.26 Å². The summed E-state index contributed by atoms with van der Waals surface area (Å²) in [5, 5.41) is 12.7. The molecule has 1 aromatic carbocycles. The van der Waals surface area contributed by atoms with Crippen LogP contribution >= 0.6 is 0 Å². The molecule has 1 aliphatic heterocycles. The van der Waals surface area contributed by atoms with Gasteiger partial charge in [0.05, 0.1) is 12.4 Å². The molecule has 0 radical (unpaired) electrons. The van der Waals surface area contributed by atoms with Crippen LogP contribution in [0.5, 0.6) is 0 Å². The fourth-order valence-corrected chi connectivity index (χ4v) is 4.11. The minimum Gasteiger partial charge on any atom is -0.459 e. The van der Waals surface area contributed by atoms with Crippen LogP contribution in [-0.2, 0) is 17.8 Å². The Morgan fingerprint density at radius 2 is 1.96 bits per heavy atom. The first-order valence-electron chi connectivity index (χ1n) is 9.49. The molecule has 6 nitrogen and oxygen atoms in total. The van der Waals surface area contributed by atoms with Gasteiger partial charge in [0.1, 0.15) is 6.04 Å². The Morgan fingerprint density at radius 1 is 1.15 bits per heavy atom. The van der Waals surface area contributed by atoms with Crippen molar-refractivity contribution < 1.29 is 19.1 Å². The van der Waals surface area contributed by atoms with Crippen molar-refractivity contribution in [2.24, 2.45) is 5.92 Å². The summed E-state index contributed by atoms with van der Waals surface area (Å²) in [5.74, 6) is 0.122. The molecule has 0 spiro atoms. The summed E-state index contributed by atoms with van der Waals surface area (Å²) < 4.78 is 5.27. The average molecular weight is 368 g/mol. The van der Waals surface area contributed by atoms with Gasteiger partial charge in [0, 0.05) is 19.5 Å². The Balaban J connectivity index is 1.51. The molecular formula is C21H24N2O4. The zero-order chi connectivity index (χ0) is 18.8. The molecule has 1 aromatic heterocycles. The van der Waals surface area contributed by atoms with E-state index in [9.17, 15) is 14.7 Å². The number of nitrogens with one attached hydrogen (secondary N) is 1. The third-order valence-corrected chi connectivity index (χ3v) is 5.62. The molecular weight excluding hydrogens is 344 g/mol. The first kappa shape index (κ1) is 17.8. The number of carbonyl (C=O) groups is 2. The summed E-state index contributed by atoms with van der Waals surface area (Å²) in [6.07, 6.45) is 4.13. The van der Waals surface area contributed by atoms with Gasteiger partial charge in [-0.15, -0.1) is 0 Å². The van der Waals surface area contributed by atoms with E-state index >= 15 is 0 Å². The summed E-state index contributed by atoms with van der Waals surface area (Å²) >= 11 is 0. The quantitative estimate of drug-likeness (QED) is 0.866. The predicted octanol–water partition coefficient (Wildman–Crippen LogP) is 2.12. The van der Waals surface area contributed by atoms with Gasteiger partial charge in [0.25, 0.3) is 5.91 Å². The van der Waals surface area contributed by atoms with Crippen molar-refractivity contribution in [2.45, 2.75) is 44.4 Å². The van der Waals surface area contributed by atoms with Crippen LogP contribution in [0.4, 0.5) is 0 Å². The summed E-state index contributed by atoms with van der Waals surface area (Å²) in [5.41, 5.74) is 2.15. The van der Waals surface area contributed by atoms with E-state index in [0.717, 1.165) is 30.4 Å². The second-order valence-electron chi connectivity index (χ2n) is 7.48. The molecule has 0 unspecified atom stereocenters. The number of amides is 2. The van der Waals surface area contributed by atoms with Gasteiger partial charge in [0.15, 0.2) is 5.76 Å². The van der Waals surface area contributed by atoms with E-state index in [-0.39, 0.29) is 23.7 Å². The standard InChI is InChI=1S/C21H24N2O4/c24-17-8-7-14(10-17)12-22-20(25)18-11-15-4-1-2-5-16(15)13-23(18)21(26)19-6-3-9-27-19/h1-6,9,14,17-18,24H,7-8,10-13H2,(H,22,25)/t14-,17+,18-/m1/s1. The molecule has 1 fully saturated rings. The fourth-order valence-electron chi connectivity index (χ4n) is 4.11. The van der Waals surface area contributed by atoms with Crippen molar-refractivity contribution in [2.75, 3.05) is 6.54 Å². The normalized spacial score (nSPS) is 24.5. The van der Waals surface area contributed by atoms with Crippen LogP contribution in [0.3, 0.4) is 0 Å². The number of hydrogen-bond acceptors (Lipinski definition) is 4. The molecule has 2 aliphatic rings. The average Bonchev–Trinajstić information content (AvgIpc) is 3.36. The zero-order valence-corrected chi connectivity index (χ0v) is 15.1. The number of aliphatic hydroxyl groups is 1. The first-order chi connectivity index (χ1) is 13.1. The van der Waals surface area contributed by atoms with Gasteiger partial charge in [0.2, 0.25) is 5.91 Å². The van der Waals surface area contributed by atoms with Gasteiger partial charge >= 0.3 is 0 Å². The van der Waals surface area contributed by atoms with E-state index in [1.807, 2.05) is 24.3 Å². The molecule has 2 amide bonds. The minimum atomic E-state index is -0.566. The fraction of sp³-hybridized carbons (Fsp3) is 0.429. The minimum absolute atomic E-state index is 0.147. The van der Waals surface area contributed by atoms with E-state index in [2.05, 4.69) is 5.32 Å². The maximum atomic E-state index is 12.9. The van der Waals surface area contributed by atoms with E-state index in [1.54, 1.807) is 17.0 Å². The smallest absolute Gasteiger partial charge is 0.290 e. The van der Waals surface area contributed by atoms with Gasteiger partial charge in [-0.3, -0.25) is 9.59 Å². The Hall–Kier alpha value is -2.60. The summed E-state index contributed by atoms with van der Waals surface area (Å²) in [7, 11) is 0. The lowest BCUT2D eigenvalue weighted by Gasteiger charge is -2.35. The second kappa shape index (κ2) is 7.56. The highest BCUT2D eigenvalue weighted by Gasteiger charge is 2.36. The van der Waals surface area contributed by atoms with Crippen molar-refractivity contribution in [1.29, 1.82) is 0 Å². The lowest BCUT2D eigenvalue weighted by atomic mass is 9.93. The van der Waals surface area contributed by atoms with Crippen LogP contribution in [0, 0.1) is 5.92 Å². The van der Waals surface area contributed by atoms with Gasteiger partial charge in [-0.05, 0) is 48.4 Å². The van der Waals surface area contributed by atoms with Gasteiger partial charge in [-0.1, -0.05) is 24.3 Å². The lowest BCUT2D eigenvalue weighted by molar-refractivity contribution is -0.126. The predicted molar refractivity (Wildman–Crippen MR) is 98.9 cm³/mol. The molecule has 1 aliphatic carbocycles. The molecule has 0 saturated heterocycles. The highest BCUT2D eigenvalue weighted by atomic mass is 16.3. The van der Waals surface area contributed by atoms with Gasteiger partial charge in [-0.2, -0.15) is 0 Å². The topological polar surface area (TPSA) is 82.8 Å². The molecule has 2 heterocycles. The largest absolute Gasteiger partial charge is 0.459 e. The molecule has 2 aromatic rings. The summed E-state index contributed by atoms with van der Waals surface area (Å²) in [4.78, 5) is 27.4. The monoisotopic (exact) mass is 368 g/mol. The number of furan rings is 1. The molecule has 0 bridgehead atoms. The summed E-state index contributed by atoms with van der Waals surface area (Å²) in [6, 6.07) is 10.6. The molecule has 27 heavy (non-hydrogen) atoms. The molecule has 3 atom stereocenters. The van der Waals surface area contributed by atoms with Crippen molar-refractivity contribution in [3.63, 3.8) is 0 Å². The maximum Gasteiger partial charge on any atom is 0.290 e. The summed E-state index contributed by atoms with van der Waals surface area (Å²) in [6.45, 7) is 0.923. The third kappa shape index (κ3) is 3.76. The van der Waals surface area contributed by atoms with Crippen LogP contribution in [0.15, 0.2) is 47.1 Å². The first-order valence-corrected chi connectivity index (χ1v) is 9.49. The molecule has 6 heteroatoms. The van der Waals surface area contributed by atoms with Crippen molar-refractivity contribution in [1.82, 2.24) is 10.2 Å². The van der Waals surface area contributed by atoms with Crippen LogP contribution < -0.4 is 5.32 Å². The number of benzene rings is 1. The molecule has 2 N–H and O–H groups in total. The number of carbonyl (C=O) groups excluding carboxylic acids is 2.